The van der Waals surface area contributed by atoms with Crippen LogP contribution in [-0.4, -0.2) is 0 Å². The van der Waals surface area contributed by atoms with E-state index in [4.69, 9.17) is 4.42 Å². The van der Waals surface area contributed by atoms with Gasteiger partial charge < -0.3 is 9.32 Å². The maximum Gasteiger partial charge on any atom is 0.143 e. The Bertz CT molecular complexity index is 3860. The lowest BCUT2D eigenvalue weighted by molar-refractivity contribution is 0.670. The number of anilines is 3. The Morgan fingerprint density at radius 3 is 1.28 bits per heavy atom. The van der Waals surface area contributed by atoms with E-state index in [0.29, 0.717) is 0 Å². The van der Waals surface area contributed by atoms with Crippen molar-refractivity contribution in [1.29, 1.82) is 0 Å². The molecule has 12 aromatic rings. The van der Waals surface area contributed by atoms with Crippen LogP contribution < -0.4 is 4.90 Å². The molecule has 1 spiro atoms. The first-order valence-electron chi connectivity index (χ1n) is 23.8. The number of benzene rings is 11. The van der Waals surface area contributed by atoms with Gasteiger partial charge in [0.2, 0.25) is 0 Å². The molecular weight excluding hydrogens is 835 g/mol. The minimum atomic E-state index is -0.452. The number of hydrogen-bond acceptors (Lipinski definition) is 2. The molecule has 0 saturated carbocycles. The van der Waals surface area contributed by atoms with Crippen LogP contribution in [0.1, 0.15) is 22.3 Å². The lowest BCUT2D eigenvalue weighted by atomic mass is 9.70. The van der Waals surface area contributed by atoms with Gasteiger partial charge in [0, 0.05) is 33.4 Å². The van der Waals surface area contributed by atoms with Crippen LogP contribution in [0.3, 0.4) is 0 Å². The highest BCUT2D eigenvalue weighted by molar-refractivity contribution is 6.13. The minimum absolute atomic E-state index is 0.452. The SMILES string of the molecule is c1ccc(-c2ccc(-c3c(-c4ccc(N(c5ccc(-c6ccccc6)cc5)c5ccc6c(c5)C5(c7ccccc7-c7ccccc75)c5ccccc5-6)cc4)ccc4c3oc3ccccc34)cc2)cc1. The Kier molecular flexibility index (Phi) is 8.84. The lowest BCUT2D eigenvalue weighted by Crippen LogP contribution is -2.26. The Labute approximate surface area is 401 Å². The van der Waals surface area contributed by atoms with E-state index in [1.807, 2.05) is 6.07 Å². The second kappa shape index (κ2) is 15.6. The topological polar surface area (TPSA) is 16.4 Å². The molecule has 69 heavy (non-hydrogen) atoms. The van der Waals surface area contributed by atoms with Crippen LogP contribution in [0.2, 0.25) is 0 Å². The molecule has 11 aromatic carbocycles. The van der Waals surface area contributed by atoms with Gasteiger partial charge in [-0.1, -0.05) is 212 Å². The number of fused-ring (bicyclic) bond motifs is 13. The average molecular weight is 878 g/mol. The second-order valence-electron chi connectivity index (χ2n) is 18.3. The summed E-state index contributed by atoms with van der Waals surface area (Å²) in [7, 11) is 0. The summed E-state index contributed by atoms with van der Waals surface area (Å²) >= 11 is 0. The summed E-state index contributed by atoms with van der Waals surface area (Å²) in [6, 6.07) is 95.4. The molecule has 0 amide bonds. The minimum Gasteiger partial charge on any atom is -0.455 e. The van der Waals surface area contributed by atoms with Crippen LogP contribution in [0.4, 0.5) is 17.1 Å². The molecule has 0 bridgehead atoms. The average Bonchev–Trinajstić information content (AvgIpc) is 4.06. The monoisotopic (exact) mass is 877 g/mol. The van der Waals surface area contributed by atoms with Crippen molar-refractivity contribution in [2.24, 2.45) is 0 Å². The van der Waals surface area contributed by atoms with E-state index >= 15 is 0 Å². The van der Waals surface area contributed by atoms with Gasteiger partial charge in [-0.25, -0.2) is 0 Å². The number of furan rings is 1. The van der Waals surface area contributed by atoms with Gasteiger partial charge in [-0.15, -0.1) is 0 Å². The molecule has 0 saturated heterocycles. The van der Waals surface area contributed by atoms with Crippen molar-refractivity contribution in [2.75, 3.05) is 4.90 Å². The zero-order chi connectivity index (χ0) is 45.5. The lowest BCUT2D eigenvalue weighted by Gasteiger charge is -2.32. The molecule has 1 aromatic heterocycles. The maximum atomic E-state index is 6.77. The fourth-order valence-corrected chi connectivity index (χ4v) is 11.7. The molecule has 322 valence electrons. The van der Waals surface area contributed by atoms with Crippen molar-refractivity contribution in [2.45, 2.75) is 5.41 Å². The van der Waals surface area contributed by atoms with E-state index in [2.05, 4.69) is 260 Å². The van der Waals surface area contributed by atoms with E-state index in [1.165, 1.54) is 66.8 Å². The standard InChI is InChI=1S/C67H43NO/c1-3-15-44(16-4-1)46-27-29-49(30-28-46)65-53(41-42-59-58-22-10-14-26-64(58)69-66(59)65)48-33-37-51(38-34-48)68(50-35-31-47(32-36-50)45-17-5-2-6-18-45)52-39-40-57-56-21-9-13-25-62(56)67(63(57)43-52)60-23-11-7-19-54(60)55-20-8-12-24-61(55)67/h1-43H. The predicted molar refractivity (Wildman–Crippen MR) is 286 cm³/mol. The third-order valence-electron chi connectivity index (χ3n) is 14.7. The van der Waals surface area contributed by atoms with Crippen LogP contribution in [0.5, 0.6) is 0 Å². The van der Waals surface area contributed by atoms with E-state index in [9.17, 15) is 0 Å². The highest BCUT2D eigenvalue weighted by atomic mass is 16.3. The van der Waals surface area contributed by atoms with Gasteiger partial charge >= 0.3 is 0 Å². The molecule has 0 fully saturated rings. The first-order chi connectivity index (χ1) is 34.2. The van der Waals surface area contributed by atoms with Crippen LogP contribution in [0.15, 0.2) is 265 Å². The summed E-state index contributed by atoms with van der Waals surface area (Å²) in [6.07, 6.45) is 0. The summed E-state index contributed by atoms with van der Waals surface area (Å²) in [5.74, 6) is 0. The summed E-state index contributed by atoms with van der Waals surface area (Å²) in [5, 5.41) is 2.23. The van der Waals surface area contributed by atoms with Crippen molar-refractivity contribution in [3.63, 3.8) is 0 Å². The largest absolute Gasteiger partial charge is 0.455 e. The van der Waals surface area contributed by atoms with Crippen LogP contribution in [0, 0.1) is 0 Å². The van der Waals surface area contributed by atoms with Crippen molar-refractivity contribution < 1.29 is 4.42 Å². The molecule has 14 rings (SSSR count). The molecular formula is C67H43NO. The Hall–Kier alpha value is -8.98. The van der Waals surface area contributed by atoms with E-state index in [0.717, 1.165) is 61.3 Å². The van der Waals surface area contributed by atoms with Gasteiger partial charge in [-0.05, 0) is 132 Å². The highest BCUT2D eigenvalue weighted by Gasteiger charge is 2.51. The first kappa shape index (κ1) is 39.2. The molecule has 2 nitrogen and oxygen atoms in total. The summed E-state index contributed by atoms with van der Waals surface area (Å²) < 4.78 is 6.77. The van der Waals surface area contributed by atoms with Gasteiger partial charge in [0.25, 0.3) is 0 Å². The molecule has 2 aliphatic carbocycles. The van der Waals surface area contributed by atoms with Crippen LogP contribution in [-0.2, 0) is 5.41 Å². The Balaban J connectivity index is 0.938. The van der Waals surface area contributed by atoms with E-state index < -0.39 is 5.41 Å². The summed E-state index contributed by atoms with van der Waals surface area (Å²) in [4.78, 5) is 2.42. The van der Waals surface area contributed by atoms with Gasteiger partial charge in [0.15, 0.2) is 0 Å². The molecule has 0 unspecified atom stereocenters. The zero-order valence-electron chi connectivity index (χ0n) is 37.7. The molecule has 2 heteroatoms. The molecule has 2 aliphatic rings. The first-order valence-corrected chi connectivity index (χ1v) is 23.8. The number of nitrogens with zero attached hydrogens (tertiary/aromatic N) is 1. The number of hydrogen-bond donors (Lipinski definition) is 0. The molecule has 0 radical (unpaired) electrons. The van der Waals surface area contributed by atoms with Crippen LogP contribution in [0.25, 0.3) is 88.7 Å². The number of rotatable bonds is 7. The Morgan fingerprint density at radius 2 is 0.696 bits per heavy atom. The van der Waals surface area contributed by atoms with Gasteiger partial charge in [-0.2, -0.15) is 0 Å². The smallest absolute Gasteiger partial charge is 0.143 e. The van der Waals surface area contributed by atoms with Gasteiger partial charge in [0.1, 0.15) is 11.2 Å². The van der Waals surface area contributed by atoms with Crippen molar-refractivity contribution in [3.05, 3.63) is 283 Å². The quantitative estimate of drug-likeness (QED) is 0.159. The fraction of sp³-hybridized carbons (Fsp3) is 0.0149. The molecule has 0 atom stereocenters. The Morgan fingerprint density at radius 1 is 0.275 bits per heavy atom. The highest BCUT2D eigenvalue weighted by Crippen LogP contribution is 2.63. The molecule has 0 aliphatic heterocycles. The van der Waals surface area contributed by atoms with E-state index in [1.54, 1.807) is 0 Å². The molecule has 0 N–H and O–H groups in total. The third-order valence-corrected chi connectivity index (χ3v) is 14.7. The van der Waals surface area contributed by atoms with Gasteiger partial charge in [-0.3, -0.25) is 0 Å². The fourth-order valence-electron chi connectivity index (χ4n) is 11.7. The van der Waals surface area contributed by atoms with Crippen molar-refractivity contribution in [1.82, 2.24) is 0 Å². The summed E-state index contributed by atoms with van der Waals surface area (Å²) in [6.45, 7) is 0. The van der Waals surface area contributed by atoms with E-state index in [-0.39, 0.29) is 0 Å². The zero-order valence-corrected chi connectivity index (χ0v) is 37.7. The van der Waals surface area contributed by atoms with Crippen molar-refractivity contribution in [3.8, 4) is 66.8 Å². The predicted octanol–water partition coefficient (Wildman–Crippen LogP) is 18.1. The third kappa shape index (κ3) is 5.99. The maximum absolute atomic E-state index is 6.77. The van der Waals surface area contributed by atoms with Crippen molar-refractivity contribution >= 4 is 39.0 Å². The normalized spacial score (nSPS) is 12.8. The summed E-state index contributed by atoms with van der Waals surface area (Å²) in [5.41, 5.74) is 24.3. The molecule has 1 heterocycles. The second-order valence-corrected chi connectivity index (χ2v) is 18.3. The van der Waals surface area contributed by atoms with Gasteiger partial charge in [0.05, 0.1) is 5.41 Å². The number of para-hydroxylation sites is 1. The van der Waals surface area contributed by atoms with Crippen LogP contribution >= 0.6 is 0 Å².